The van der Waals surface area contributed by atoms with Gasteiger partial charge in [-0.25, -0.2) is 0 Å². The second-order valence-electron chi connectivity index (χ2n) is 3.90. The molecule has 4 heteroatoms. The number of halogens is 1. The Hall–Kier alpha value is -0.750. The molecule has 16 heavy (non-hydrogen) atoms. The molecule has 0 saturated heterocycles. The van der Waals surface area contributed by atoms with E-state index < -0.39 is 0 Å². The molecular formula is C12H12INO2. The van der Waals surface area contributed by atoms with Crippen LogP contribution in [0.5, 0.6) is 5.75 Å². The van der Waals surface area contributed by atoms with Gasteiger partial charge in [0.25, 0.3) is 0 Å². The highest BCUT2D eigenvalue weighted by Gasteiger charge is 2.24. The Kier molecular flexibility index (Phi) is 2.55. The molecule has 0 amide bonds. The summed E-state index contributed by atoms with van der Waals surface area (Å²) in [6.45, 7) is 1.41. The van der Waals surface area contributed by atoms with Crippen LogP contribution in [0.3, 0.4) is 0 Å². The number of fused-ring (bicyclic) bond motifs is 2. The maximum absolute atomic E-state index is 5.74. The number of benzene rings is 1. The predicted molar refractivity (Wildman–Crippen MR) is 70.9 cm³/mol. The predicted octanol–water partition coefficient (Wildman–Crippen LogP) is 2.47. The van der Waals surface area contributed by atoms with Crippen LogP contribution in [0, 0.1) is 3.57 Å². The van der Waals surface area contributed by atoms with Crippen LogP contribution in [0.4, 0.5) is 0 Å². The summed E-state index contributed by atoms with van der Waals surface area (Å²) in [4.78, 5) is 0. The third kappa shape index (κ3) is 1.36. The molecule has 1 aromatic carbocycles. The minimum atomic E-state index is 0.636. The summed E-state index contributed by atoms with van der Waals surface area (Å²) in [5.74, 6) is 1.05. The summed E-state index contributed by atoms with van der Waals surface area (Å²) in [5, 5.41) is 1.15. The fourth-order valence-electron chi connectivity index (χ4n) is 2.30. The molecule has 0 unspecified atom stereocenters. The van der Waals surface area contributed by atoms with Gasteiger partial charge in [-0.05, 0) is 41.6 Å². The number of nitrogens with two attached hydrogens (primary N) is 1. The van der Waals surface area contributed by atoms with Gasteiger partial charge >= 0.3 is 0 Å². The van der Waals surface area contributed by atoms with Gasteiger partial charge in [0.2, 0.25) is 0 Å². The Morgan fingerprint density at radius 3 is 3.12 bits per heavy atom. The molecule has 2 aromatic rings. The highest BCUT2D eigenvalue weighted by atomic mass is 127. The lowest BCUT2D eigenvalue weighted by atomic mass is 10.0. The zero-order valence-electron chi connectivity index (χ0n) is 8.75. The first kappa shape index (κ1) is 10.4. The Labute approximate surface area is 107 Å². The van der Waals surface area contributed by atoms with Crippen molar-refractivity contribution < 1.29 is 9.15 Å². The molecule has 3 nitrogen and oxygen atoms in total. The van der Waals surface area contributed by atoms with Gasteiger partial charge in [-0.3, -0.25) is 0 Å². The monoisotopic (exact) mass is 329 g/mol. The van der Waals surface area contributed by atoms with Crippen molar-refractivity contribution in [2.24, 2.45) is 5.73 Å². The lowest BCUT2D eigenvalue weighted by Gasteiger charge is -2.10. The molecule has 0 bridgehead atoms. The molecule has 0 atom stereocenters. The van der Waals surface area contributed by atoms with Gasteiger partial charge in [-0.1, -0.05) is 0 Å². The van der Waals surface area contributed by atoms with E-state index in [2.05, 4.69) is 22.6 Å². The second kappa shape index (κ2) is 3.92. The molecule has 0 saturated carbocycles. The van der Waals surface area contributed by atoms with Crippen LogP contribution in [-0.4, -0.2) is 13.2 Å². The van der Waals surface area contributed by atoms with Crippen LogP contribution in [0.15, 0.2) is 16.7 Å². The van der Waals surface area contributed by atoms with E-state index in [1.54, 1.807) is 6.26 Å². The Morgan fingerprint density at radius 2 is 2.31 bits per heavy atom. The SMILES string of the molecule is NCCc1c2c(c(I)c3occc13)CCO2. The molecule has 2 heterocycles. The second-order valence-corrected chi connectivity index (χ2v) is 4.98. The molecule has 1 aliphatic heterocycles. The van der Waals surface area contributed by atoms with Crippen molar-refractivity contribution >= 4 is 33.6 Å². The molecule has 0 spiro atoms. The van der Waals surface area contributed by atoms with Gasteiger partial charge in [0, 0.05) is 22.9 Å². The van der Waals surface area contributed by atoms with Crippen LogP contribution < -0.4 is 10.5 Å². The zero-order chi connectivity index (χ0) is 11.1. The standard InChI is InChI=1S/C12H12INO2/c13-10-9-3-6-15-11(9)7(1-4-14)8-2-5-16-12(8)10/h2,5H,1,3-4,6,14H2. The van der Waals surface area contributed by atoms with E-state index >= 15 is 0 Å². The van der Waals surface area contributed by atoms with Crippen molar-refractivity contribution in [2.75, 3.05) is 13.2 Å². The maximum atomic E-state index is 5.74. The maximum Gasteiger partial charge on any atom is 0.147 e. The smallest absolute Gasteiger partial charge is 0.147 e. The average molecular weight is 329 g/mol. The third-order valence-electron chi connectivity index (χ3n) is 3.00. The number of rotatable bonds is 2. The Balaban J connectivity index is 2.36. The van der Waals surface area contributed by atoms with Crippen molar-refractivity contribution in [2.45, 2.75) is 12.8 Å². The number of hydrogen-bond donors (Lipinski definition) is 1. The van der Waals surface area contributed by atoms with Crippen LogP contribution >= 0.6 is 22.6 Å². The molecule has 2 N–H and O–H groups in total. The molecule has 0 aliphatic carbocycles. The first-order chi connectivity index (χ1) is 7.83. The minimum absolute atomic E-state index is 0.636. The Morgan fingerprint density at radius 1 is 1.44 bits per heavy atom. The number of furan rings is 1. The summed E-state index contributed by atoms with van der Waals surface area (Å²) in [7, 11) is 0. The zero-order valence-corrected chi connectivity index (χ0v) is 10.9. The van der Waals surface area contributed by atoms with Gasteiger partial charge in [-0.15, -0.1) is 0 Å². The van der Waals surface area contributed by atoms with Gasteiger partial charge in [-0.2, -0.15) is 0 Å². The highest BCUT2D eigenvalue weighted by Crippen LogP contribution is 2.40. The summed E-state index contributed by atoms with van der Waals surface area (Å²) in [5.41, 5.74) is 9.14. The third-order valence-corrected chi connectivity index (χ3v) is 4.14. The van der Waals surface area contributed by atoms with E-state index in [1.165, 1.54) is 14.7 Å². The quantitative estimate of drug-likeness (QED) is 0.861. The van der Waals surface area contributed by atoms with Crippen molar-refractivity contribution in [3.05, 3.63) is 27.0 Å². The van der Waals surface area contributed by atoms with E-state index in [4.69, 9.17) is 14.9 Å². The van der Waals surface area contributed by atoms with Crippen molar-refractivity contribution in [3.63, 3.8) is 0 Å². The first-order valence-electron chi connectivity index (χ1n) is 5.36. The molecule has 0 fully saturated rings. The largest absolute Gasteiger partial charge is 0.493 e. The fourth-order valence-corrected chi connectivity index (χ4v) is 3.24. The lowest BCUT2D eigenvalue weighted by molar-refractivity contribution is 0.354. The average Bonchev–Trinajstić information content (AvgIpc) is 2.92. The topological polar surface area (TPSA) is 48.4 Å². The first-order valence-corrected chi connectivity index (χ1v) is 6.44. The fraction of sp³-hybridized carbons (Fsp3) is 0.333. The normalized spacial score (nSPS) is 14.1. The van der Waals surface area contributed by atoms with Gasteiger partial charge in [0.15, 0.2) is 0 Å². The van der Waals surface area contributed by atoms with Crippen molar-refractivity contribution in [1.82, 2.24) is 0 Å². The van der Waals surface area contributed by atoms with Crippen LogP contribution in [-0.2, 0) is 12.8 Å². The van der Waals surface area contributed by atoms with E-state index in [0.717, 1.165) is 36.2 Å². The molecule has 1 aromatic heterocycles. The van der Waals surface area contributed by atoms with E-state index in [0.29, 0.717) is 6.54 Å². The molecule has 1 aliphatic rings. The van der Waals surface area contributed by atoms with Gasteiger partial charge < -0.3 is 14.9 Å². The minimum Gasteiger partial charge on any atom is -0.493 e. The lowest BCUT2D eigenvalue weighted by Crippen LogP contribution is -2.05. The summed E-state index contributed by atoms with van der Waals surface area (Å²) >= 11 is 2.34. The van der Waals surface area contributed by atoms with Crippen LogP contribution in [0.2, 0.25) is 0 Å². The van der Waals surface area contributed by atoms with Gasteiger partial charge in [0.1, 0.15) is 11.3 Å². The van der Waals surface area contributed by atoms with Gasteiger partial charge in [0.05, 0.1) is 16.4 Å². The van der Waals surface area contributed by atoms with Crippen LogP contribution in [0.1, 0.15) is 11.1 Å². The van der Waals surface area contributed by atoms with Crippen molar-refractivity contribution in [3.8, 4) is 5.75 Å². The summed E-state index contributed by atoms with van der Waals surface area (Å²) < 4.78 is 12.5. The van der Waals surface area contributed by atoms with Crippen molar-refractivity contribution in [1.29, 1.82) is 0 Å². The van der Waals surface area contributed by atoms with E-state index in [9.17, 15) is 0 Å². The molecule has 84 valence electrons. The summed E-state index contributed by atoms with van der Waals surface area (Å²) in [6.07, 6.45) is 3.55. The molecule has 0 radical (unpaired) electrons. The Bertz CT molecular complexity index is 547. The number of ether oxygens (including phenoxy) is 1. The highest BCUT2D eigenvalue weighted by molar-refractivity contribution is 14.1. The molecule has 3 rings (SSSR count). The summed E-state index contributed by atoms with van der Waals surface area (Å²) in [6, 6.07) is 2.00. The number of hydrogen-bond acceptors (Lipinski definition) is 3. The van der Waals surface area contributed by atoms with E-state index in [1.807, 2.05) is 6.07 Å². The van der Waals surface area contributed by atoms with E-state index in [-0.39, 0.29) is 0 Å². The van der Waals surface area contributed by atoms with Crippen LogP contribution in [0.25, 0.3) is 11.0 Å². The molecular weight excluding hydrogens is 317 g/mol.